The van der Waals surface area contributed by atoms with Gasteiger partial charge in [-0.05, 0) is 30.9 Å². The van der Waals surface area contributed by atoms with Gasteiger partial charge in [-0.3, -0.25) is 9.69 Å². The van der Waals surface area contributed by atoms with Gasteiger partial charge >= 0.3 is 12.2 Å². The number of allylic oxidation sites excluding steroid dienone is 1. The molecule has 1 spiro atoms. The number of nitrogens with one attached hydrogen (secondary N) is 1. The van der Waals surface area contributed by atoms with Crippen LogP contribution in [0.15, 0.2) is 23.9 Å². The van der Waals surface area contributed by atoms with Crippen molar-refractivity contribution in [3.63, 3.8) is 0 Å². The van der Waals surface area contributed by atoms with Crippen LogP contribution in [0.4, 0.5) is 33.7 Å². The fraction of sp³-hybridized carbons (Fsp3) is 0.474. The van der Waals surface area contributed by atoms with Crippen LogP contribution < -0.4 is 19.9 Å². The number of fused-ring (bicyclic) bond motifs is 1. The summed E-state index contributed by atoms with van der Waals surface area (Å²) in [5.74, 6) is -0.775. The molecule has 2 aliphatic heterocycles. The van der Waals surface area contributed by atoms with E-state index in [2.05, 4.69) is 0 Å². The predicted octanol–water partition coefficient (Wildman–Crippen LogP) is 2.79. The molecular weight excluding hydrogens is 410 g/mol. The SMILES string of the molecule is O=C1NC(C(F)(F)F)=CC(O)N1c1cc2c(cc1F)OC1(CC1)C(=O)N2CC1CC1. The van der Waals surface area contributed by atoms with Crippen molar-refractivity contribution in [2.75, 3.05) is 16.3 Å². The van der Waals surface area contributed by atoms with Crippen LogP contribution in [0, 0.1) is 11.7 Å². The van der Waals surface area contributed by atoms with Gasteiger partial charge in [0, 0.05) is 25.5 Å². The average Bonchev–Trinajstić information content (AvgIpc) is 3.56. The van der Waals surface area contributed by atoms with E-state index in [-0.39, 0.29) is 17.3 Å². The van der Waals surface area contributed by atoms with Crippen LogP contribution in [-0.2, 0) is 4.79 Å². The van der Waals surface area contributed by atoms with E-state index in [1.54, 1.807) is 5.32 Å². The number of hydrogen-bond acceptors (Lipinski definition) is 4. The summed E-state index contributed by atoms with van der Waals surface area (Å²) in [6.07, 6.45) is -3.59. The lowest BCUT2D eigenvalue weighted by Gasteiger charge is -2.37. The fourth-order valence-corrected chi connectivity index (χ4v) is 3.77. The highest BCUT2D eigenvalue weighted by Gasteiger charge is 2.58. The van der Waals surface area contributed by atoms with Crippen LogP contribution in [0.25, 0.3) is 0 Å². The molecule has 0 aromatic heterocycles. The first kappa shape index (κ1) is 19.2. The molecule has 30 heavy (non-hydrogen) atoms. The van der Waals surface area contributed by atoms with Crippen LogP contribution >= 0.6 is 0 Å². The monoisotopic (exact) mass is 427 g/mol. The first-order chi connectivity index (χ1) is 14.1. The van der Waals surface area contributed by atoms with Crippen molar-refractivity contribution in [3.8, 4) is 5.75 Å². The molecular formula is C19H17F4N3O4. The third kappa shape index (κ3) is 2.99. The van der Waals surface area contributed by atoms with Crippen molar-refractivity contribution in [2.45, 2.75) is 43.7 Å². The smallest absolute Gasteiger partial charge is 0.431 e. The highest BCUT2D eigenvalue weighted by atomic mass is 19.4. The lowest BCUT2D eigenvalue weighted by Crippen LogP contribution is -2.52. The van der Waals surface area contributed by atoms with Crippen molar-refractivity contribution in [2.24, 2.45) is 5.92 Å². The Bertz CT molecular complexity index is 985. The van der Waals surface area contributed by atoms with Gasteiger partial charge < -0.3 is 20.1 Å². The summed E-state index contributed by atoms with van der Waals surface area (Å²) in [6, 6.07) is 0.821. The molecule has 1 unspecified atom stereocenters. The average molecular weight is 427 g/mol. The largest absolute Gasteiger partial charge is 0.475 e. The minimum Gasteiger partial charge on any atom is -0.475 e. The number of amides is 3. The molecule has 3 amide bonds. The molecule has 1 aromatic rings. The number of urea groups is 1. The highest BCUT2D eigenvalue weighted by Crippen LogP contribution is 2.51. The minimum absolute atomic E-state index is 0.132. The van der Waals surface area contributed by atoms with Crippen molar-refractivity contribution >= 4 is 23.3 Å². The zero-order valence-corrected chi connectivity index (χ0v) is 15.5. The molecule has 160 valence electrons. The Kier molecular flexibility index (Phi) is 3.89. The summed E-state index contributed by atoms with van der Waals surface area (Å²) in [5.41, 5.74) is -2.65. The molecule has 11 heteroatoms. The molecule has 4 aliphatic rings. The van der Waals surface area contributed by atoms with E-state index in [1.807, 2.05) is 0 Å². The third-order valence-corrected chi connectivity index (χ3v) is 5.71. The Morgan fingerprint density at radius 3 is 2.47 bits per heavy atom. The van der Waals surface area contributed by atoms with Gasteiger partial charge in [0.1, 0.15) is 11.4 Å². The van der Waals surface area contributed by atoms with Crippen molar-refractivity contribution in [3.05, 3.63) is 29.7 Å². The summed E-state index contributed by atoms with van der Waals surface area (Å²) >= 11 is 0. The second-order valence-electron chi connectivity index (χ2n) is 8.02. The zero-order valence-electron chi connectivity index (χ0n) is 15.5. The summed E-state index contributed by atoms with van der Waals surface area (Å²) in [5, 5.41) is 11.7. The second-order valence-corrected chi connectivity index (χ2v) is 8.02. The Labute approximate surface area is 167 Å². The number of anilines is 2. The van der Waals surface area contributed by atoms with Crippen LogP contribution in [-0.4, -0.2) is 41.6 Å². The molecule has 1 aromatic carbocycles. The Balaban J connectivity index is 1.55. The van der Waals surface area contributed by atoms with Crippen LogP contribution in [0.5, 0.6) is 5.75 Å². The second kappa shape index (κ2) is 6.10. The van der Waals surface area contributed by atoms with Crippen molar-refractivity contribution in [1.82, 2.24) is 5.32 Å². The summed E-state index contributed by atoms with van der Waals surface area (Å²) in [6.45, 7) is 0.412. The van der Waals surface area contributed by atoms with Crippen LogP contribution in [0.2, 0.25) is 0 Å². The maximum absolute atomic E-state index is 14.9. The number of rotatable bonds is 3. The zero-order chi connectivity index (χ0) is 21.4. The van der Waals surface area contributed by atoms with E-state index in [4.69, 9.17) is 4.74 Å². The van der Waals surface area contributed by atoms with Gasteiger partial charge in [-0.2, -0.15) is 13.2 Å². The summed E-state index contributed by atoms with van der Waals surface area (Å²) in [7, 11) is 0. The molecule has 0 saturated heterocycles. The molecule has 2 N–H and O–H groups in total. The molecule has 2 aliphatic carbocycles. The number of carbonyl (C=O) groups excluding carboxylic acids is 2. The number of aliphatic hydroxyl groups is 1. The van der Waals surface area contributed by atoms with E-state index in [9.17, 15) is 32.3 Å². The van der Waals surface area contributed by atoms with Gasteiger partial charge in [-0.1, -0.05) is 0 Å². The Hall–Kier alpha value is -2.82. The van der Waals surface area contributed by atoms with E-state index >= 15 is 0 Å². The van der Waals surface area contributed by atoms with Crippen LogP contribution in [0.3, 0.4) is 0 Å². The van der Waals surface area contributed by atoms with Gasteiger partial charge in [0.25, 0.3) is 5.91 Å². The van der Waals surface area contributed by atoms with Gasteiger partial charge in [0.05, 0.1) is 11.4 Å². The van der Waals surface area contributed by atoms with E-state index in [0.29, 0.717) is 36.3 Å². The molecule has 2 heterocycles. The fourth-order valence-electron chi connectivity index (χ4n) is 3.77. The maximum Gasteiger partial charge on any atom is 0.431 e. The molecule has 5 rings (SSSR count). The van der Waals surface area contributed by atoms with Gasteiger partial charge in [-0.25, -0.2) is 9.18 Å². The summed E-state index contributed by atoms with van der Waals surface area (Å²) in [4.78, 5) is 27.1. The van der Waals surface area contributed by atoms with Gasteiger partial charge in [-0.15, -0.1) is 0 Å². The highest BCUT2D eigenvalue weighted by molar-refractivity contribution is 6.06. The van der Waals surface area contributed by atoms with Crippen molar-refractivity contribution in [1.29, 1.82) is 0 Å². The number of ether oxygens (including phenoxy) is 1. The molecule has 0 radical (unpaired) electrons. The third-order valence-electron chi connectivity index (χ3n) is 5.71. The van der Waals surface area contributed by atoms with E-state index in [1.165, 1.54) is 4.90 Å². The number of nitrogens with zero attached hydrogens (tertiary/aromatic N) is 2. The standard InChI is InChI=1S/C19H17F4N3O4/c20-10-5-13-12(25(8-9-1-2-9)16(28)18(30-13)3-4-18)6-11(10)26-15(27)7-14(19(21,22)23)24-17(26)29/h5-7,9,15,27H,1-4,8H2,(H,24,29). The number of hydrogen-bond donors (Lipinski definition) is 2. The quantitative estimate of drug-likeness (QED) is 0.727. The Morgan fingerprint density at radius 2 is 1.90 bits per heavy atom. The first-order valence-corrected chi connectivity index (χ1v) is 9.51. The maximum atomic E-state index is 14.9. The van der Waals surface area contributed by atoms with E-state index in [0.717, 1.165) is 25.0 Å². The molecule has 2 saturated carbocycles. The molecule has 0 bridgehead atoms. The van der Waals surface area contributed by atoms with Crippen molar-refractivity contribution < 1.29 is 37.0 Å². The van der Waals surface area contributed by atoms with Gasteiger partial charge in [0.2, 0.25) is 0 Å². The van der Waals surface area contributed by atoms with E-state index < -0.39 is 41.2 Å². The first-order valence-electron chi connectivity index (χ1n) is 9.51. The molecule has 2 fully saturated rings. The minimum atomic E-state index is -4.88. The number of aliphatic hydroxyl groups excluding tert-OH is 1. The predicted molar refractivity (Wildman–Crippen MR) is 95.2 cm³/mol. The molecule has 1 atom stereocenters. The van der Waals surface area contributed by atoms with Gasteiger partial charge in [0.15, 0.2) is 17.6 Å². The molecule has 7 nitrogen and oxygen atoms in total. The van der Waals surface area contributed by atoms with Crippen LogP contribution in [0.1, 0.15) is 25.7 Å². The summed E-state index contributed by atoms with van der Waals surface area (Å²) < 4.78 is 59.2. The number of benzene rings is 1. The lowest BCUT2D eigenvalue weighted by molar-refractivity contribution is -0.128. The number of carbonyl (C=O) groups is 2. The normalized spacial score (nSPS) is 25.0. The number of halogens is 4. The topological polar surface area (TPSA) is 82.1 Å². The Morgan fingerprint density at radius 1 is 1.20 bits per heavy atom. The number of alkyl halides is 3. The lowest BCUT2D eigenvalue weighted by atomic mass is 10.1.